The molecule has 0 bridgehead atoms. The van der Waals surface area contributed by atoms with Crippen LogP contribution < -0.4 is 10.2 Å². The van der Waals surface area contributed by atoms with E-state index in [1.54, 1.807) is 7.05 Å². The fourth-order valence-corrected chi connectivity index (χ4v) is 5.91. The highest BCUT2D eigenvalue weighted by Crippen LogP contribution is 2.34. The molecule has 4 heterocycles. The second-order valence-corrected chi connectivity index (χ2v) is 10.5. The molecule has 172 valence electrons. The molecule has 0 unspecified atom stereocenters. The monoisotopic (exact) mass is 468 g/mol. The number of anilines is 2. The molecule has 0 spiro atoms. The molecule has 2 fully saturated rings. The molecule has 1 aromatic carbocycles. The smallest absolute Gasteiger partial charge is 0.244 e. The van der Waals surface area contributed by atoms with Crippen LogP contribution in [0.15, 0.2) is 30.6 Å². The Kier molecular flexibility index (Phi) is 4.56. The van der Waals surface area contributed by atoms with Crippen molar-refractivity contribution >= 4 is 44.0 Å². The summed E-state index contributed by atoms with van der Waals surface area (Å²) in [6.07, 6.45) is 2.67. The van der Waals surface area contributed by atoms with Crippen LogP contribution in [0.2, 0.25) is 0 Å². The van der Waals surface area contributed by atoms with Gasteiger partial charge in [-0.2, -0.15) is 9.97 Å². The number of imidazole rings is 2. The van der Waals surface area contributed by atoms with E-state index in [9.17, 15) is 8.42 Å². The summed E-state index contributed by atoms with van der Waals surface area (Å²) < 4.78 is 34.9. The normalized spacial score (nSPS) is 19.5. The van der Waals surface area contributed by atoms with E-state index >= 15 is 0 Å². The van der Waals surface area contributed by atoms with Gasteiger partial charge in [0.2, 0.25) is 21.9 Å². The van der Waals surface area contributed by atoms with Crippen LogP contribution in [0.4, 0.5) is 11.8 Å². The molecule has 1 aliphatic heterocycles. The quantitative estimate of drug-likeness (QED) is 0.467. The van der Waals surface area contributed by atoms with Crippen molar-refractivity contribution in [1.82, 2.24) is 28.5 Å². The summed E-state index contributed by atoms with van der Waals surface area (Å²) in [6, 6.07) is 7.74. The number of para-hydroxylation sites is 2. The van der Waals surface area contributed by atoms with E-state index in [-0.39, 0.29) is 16.9 Å². The van der Waals surface area contributed by atoms with E-state index in [0.29, 0.717) is 55.8 Å². The van der Waals surface area contributed by atoms with Crippen LogP contribution in [0.5, 0.6) is 0 Å². The molecule has 1 saturated heterocycles. The van der Waals surface area contributed by atoms with Gasteiger partial charge in [-0.1, -0.05) is 12.1 Å². The second-order valence-electron chi connectivity index (χ2n) is 8.43. The number of ether oxygens (including phenoxy) is 1. The average Bonchev–Trinajstić information content (AvgIpc) is 3.49. The molecule has 1 saturated carbocycles. The summed E-state index contributed by atoms with van der Waals surface area (Å²) in [6.45, 7) is 3.79. The lowest BCUT2D eigenvalue weighted by atomic mass is 10.2. The van der Waals surface area contributed by atoms with Crippen molar-refractivity contribution in [3.63, 3.8) is 0 Å². The molecule has 3 aromatic heterocycles. The standard InChI is InChI=1S/C21H24N8O3S/c1-13-11-32-10-9-27(13)18-17-19(28(12-23-17)33(30,31)14-7-8-14)26-21(25-18)29-16-6-4-3-5-15(16)24-20(29)22-2/h3-6,12-14H,7-11H2,1-2H3,(H,22,24)/t13-/m1/s1. The van der Waals surface area contributed by atoms with Crippen molar-refractivity contribution in [2.75, 3.05) is 37.0 Å². The Morgan fingerprint density at radius 2 is 1.97 bits per heavy atom. The minimum absolute atomic E-state index is 0.0539. The lowest BCUT2D eigenvalue weighted by molar-refractivity contribution is 0.0986. The summed E-state index contributed by atoms with van der Waals surface area (Å²) in [5, 5.41) is 2.72. The minimum Gasteiger partial charge on any atom is -0.377 e. The molecule has 11 nitrogen and oxygen atoms in total. The van der Waals surface area contributed by atoms with Gasteiger partial charge in [-0.3, -0.25) is 0 Å². The number of fused-ring (bicyclic) bond motifs is 2. The molecule has 1 N–H and O–H groups in total. The SMILES string of the molecule is CNc1nc2ccccc2n1-c1nc(N2CCOC[C@H]2C)c2ncn(S(=O)(=O)C3CC3)c2n1. The predicted octanol–water partition coefficient (Wildman–Crippen LogP) is 1.77. The maximum atomic E-state index is 13.2. The maximum Gasteiger partial charge on any atom is 0.244 e. The Bertz CT molecular complexity index is 1470. The fraction of sp³-hybridized carbons (Fsp3) is 0.429. The zero-order chi connectivity index (χ0) is 22.7. The van der Waals surface area contributed by atoms with Crippen molar-refractivity contribution in [3.8, 4) is 5.95 Å². The molecule has 6 rings (SSSR count). The van der Waals surface area contributed by atoms with Gasteiger partial charge >= 0.3 is 0 Å². The van der Waals surface area contributed by atoms with Gasteiger partial charge in [-0.05, 0) is 31.9 Å². The van der Waals surface area contributed by atoms with Gasteiger partial charge in [0.1, 0.15) is 6.33 Å². The molecule has 0 amide bonds. The highest BCUT2D eigenvalue weighted by Gasteiger charge is 2.39. The van der Waals surface area contributed by atoms with Crippen LogP contribution in [-0.4, -0.2) is 75.0 Å². The van der Waals surface area contributed by atoms with Crippen LogP contribution in [0.1, 0.15) is 19.8 Å². The van der Waals surface area contributed by atoms with Crippen molar-refractivity contribution in [3.05, 3.63) is 30.6 Å². The first-order valence-corrected chi connectivity index (χ1v) is 12.5. The van der Waals surface area contributed by atoms with E-state index in [2.05, 4.69) is 27.1 Å². The number of nitrogens with zero attached hydrogens (tertiary/aromatic N) is 7. The first kappa shape index (κ1) is 20.4. The fourth-order valence-electron chi connectivity index (χ4n) is 4.31. The largest absolute Gasteiger partial charge is 0.377 e. The summed E-state index contributed by atoms with van der Waals surface area (Å²) >= 11 is 0. The van der Waals surface area contributed by atoms with Gasteiger partial charge in [0, 0.05) is 13.6 Å². The molecule has 12 heteroatoms. The van der Waals surface area contributed by atoms with Crippen molar-refractivity contribution in [1.29, 1.82) is 0 Å². The molecular weight excluding hydrogens is 444 g/mol. The van der Waals surface area contributed by atoms with Gasteiger partial charge in [-0.15, -0.1) is 0 Å². The Labute approximate surface area is 190 Å². The van der Waals surface area contributed by atoms with Crippen LogP contribution in [0.25, 0.3) is 28.1 Å². The zero-order valence-corrected chi connectivity index (χ0v) is 19.2. The van der Waals surface area contributed by atoms with Crippen molar-refractivity contribution in [2.24, 2.45) is 0 Å². The molecule has 33 heavy (non-hydrogen) atoms. The summed E-state index contributed by atoms with van der Waals surface area (Å²) in [4.78, 5) is 20.8. The topological polar surface area (TPSA) is 120 Å². The number of aromatic nitrogens is 6. The summed E-state index contributed by atoms with van der Waals surface area (Å²) in [5.41, 5.74) is 2.34. The molecule has 4 aromatic rings. The van der Waals surface area contributed by atoms with Crippen LogP contribution in [0.3, 0.4) is 0 Å². The number of nitrogens with one attached hydrogen (secondary N) is 1. The number of rotatable bonds is 5. The molecule has 1 atom stereocenters. The van der Waals surface area contributed by atoms with Gasteiger partial charge in [0.15, 0.2) is 17.0 Å². The lowest BCUT2D eigenvalue weighted by Gasteiger charge is -2.34. The minimum atomic E-state index is -3.57. The first-order chi connectivity index (χ1) is 16.0. The molecule has 1 aliphatic carbocycles. The van der Waals surface area contributed by atoms with E-state index in [4.69, 9.17) is 14.7 Å². The highest BCUT2D eigenvalue weighted by molar-refractivity contribution is 7.91. The van der Waals surface area contributed by atoms with E-state index < -0.39 is 10.0 Å². The number of morpholine rings is 1. The maximum absolute atomic E-state index is 13.2. The Hall–Kier alpha value is -3.25. The van der Waals surface area contributed by atoms with Gasteiger partial charge < -0.3 is 15.0 Å². The van der Waals surface area contributed by atoms with Gasteiger partial charge in [0.05, 0.1) is 35.5 Å². The Morgan fingerprint density at radius 1 is 1.15 bits per heavy atom. The van der Waals surface area contributed by atoms with Gasteiger partial charge in [0.25, 0.3) is 0 Å². The molecular formula is C21H24N8O3S. The summed E-state index contributed by atoms with van der Waals surface area (Å²) in [7, 11) is -1.79. The number of hydrogen-bond acceptors (Lipinski definition) is 9. The van der Waals surface area contributed by atoms with Crippen LogP contribution >= 0.6 is 0 Å². The van der Waals surface area contributed by atoms with Crippen molar-refractivity contribution in [2.45, 2.75) is 31.1 Å². The van der Waals surface area contributed by atoms with Crippen molar-refractivity contribution < 1.29 is 13.2 Å². The van der Waals surface area contributed by atoms with E-state index in [0.717, 1.165) is 11.0 Å². The highest BCUT2D eigenvalue weighted by atomic mass is 32.2. The number of hydrogen-bond donors (Lipinski definition) is 1. The van der Waals surface area contributed by atoms with Crippen LogP contribution in [-0.2, 0) is 14.8 Å². The zero-order valence-electron chi connectivity index (χ0n) is 18.3. The third kappa shape index (κ3) is 3.16. The first-order valence-electron chi connectivity index (χ1n) is 11.0. The molecule has 2 aliphatic rings. The summed E-state index contributed by atoms with van der Waals surface area (Å²) in [5.74, 6) is 1.49. The molecule has 0 radical (unpaired) electrons. The lowest BCUT2D eigenvalue weighted by Crippen LogP contribution is -2.44. The Morgan fingerprint density at radius 3 is 2.73 bits per heavy atom. The number of benzene rings is 1. The average molecular weight is 469 g/mol. The van der Waals surface area contributed by atoms with E-state index in [1.165, 1.54) is 10.3 Å². The third-order valence-corrected chi connectivity index (χ3v) is 8.31. The van der Waals surface area contributed by atoms with Crippen LogP contribution in [0, 0.1) is 0 Å². The predicted molar refractivity (Wildman–Crippen MR) is 124 cm³/mol. The third-order valence-electron chi connectivity index (χ3n) is 6.18. The Balaban J connectivity index is 1.65. The second kappa shape index (κ2) is 7.39. The van der Waals surface area contributed by atoms with E-state index in [1.807, 2.05) is 28.8 Å². The van der Waals surface area contributed by atoms with Gasteiger partial charge in [-0.25, -0.2) is 26.9 Å².